The van der Waals surface area contributed by atoms with Crippen molar-refractivity contribution in [3.05, 3.63) is 126 Å². The van der Waals surface area contributed by atoms with Gasteiger partial charge in [0.05, 0.1) is 21.3 Å². The molecule has 0 atom stereocenters. The van der Waals surface area contributed by atoms with Crippen LogP contribution in [0.2, 0.25) is 0 Å². The number of para-hydroxylation sites is 3. The molecule has 0 radical (unpaired) electrons. The average molecular weight is 629 g/mol. The van der Waals surface area contributed by atoms with Crippen molar-refractivity contribution in [3.63, 3.8) is 0 Å². The maximum absolute atomic E-state index is 6.76. The normalized spacial score (nSPS) is 15.0. The lowest BCUT2D eigenvalue weighted by Crippen LogP contribution is -2.55. The van der Waals surface area contributed by atoms with Crippen LogP contribution in [0.4, 0.5) is 0 Å². The number of hydrogen-bond donors (Lipinski definition) is 0. The van der Waals surface area contributed by atoms with Crippen LogP contribution in [0.15, 0.2) is 120 Å². The van der Waals surface area contributed by atoms with Gasteiger partial charge in [0.2, 0.25) is 0 Å². The fourth-order valence-corrected chi connectivity index (χ4v) is 11.3. The molecule has 0 N–H and O–H groups in total. The molecule has 6 aromatic carbocycles. The summed E-state index contributed by atoms with van der Waals surface area (Å²) in [6.07, 6.45) is 0. The molecule has 2 aliphatic heterocycles. The molecule has 3 aliphatic rings. The lowest BCUT2D eigenvalue weighted by atomic mass is 9.45. The Labute approximate surface area is 279 Å². The van der Waals surface area contributed by atoms with Gasteiger partial charge in [0.25, 0.3) is 0 Å². The molecule has 5 heteroatoms. The van der Waals surface area contributed by atoms with E-state index in [2.05, 4.69) is 138 Å². The third kappa shape index (κ3) is 2.48. The number of thiophene rings is 1. The Morgan fingerprint density at radius 3 is 2.33 bits per heavy atom. The second-order valence-electron chi connectivity index (χ2n) is 14.4. The van der Waals surface area contributed by atoms with Crippen molar-refractivity contribution in [2.75, 3.05) is 0 Å². The molecule has 0 bridgehead atoms. The summed E-state index contributed by atoms with van der Waals surface area (Å²) in [5.41, 5.74) is 19.3. The molecular weight excluding hydrogens is 603 g/mol. The van der Waals surface area contributed by atoms with Gasteiger partial charge < -0.3 is 13.5 Å². The Bertz CT molecular complexity index is 3170. The van der Waals surface area contributed by atoms with Crippen LogP contribution in [-0.4, -0.2) is 15.9 Å². The molecule has 10 aromatic rings. The van der Waals surface area contributed by atoms with Crippen LogP contribution in [-0.2, 0) is 5.41 Å². The zero-order valence-electron chi connectivity index (χ0n) is 26.3. The van der Waals surface area contributed by atoms with E-state index in [-0.39, 0.29) is 12.3 Å². The molecule has 0 saturated heterocycles. The minimum absolute atomic E-state index is 0.00203. The van der Waals surface area contributed by atoms with Gasteiger partial charge in [-0.3, -0.25) is 0 Å². The van der Waals surface area contributed by atoms with E-state index in [0.29, 0.717) is 0 Å². The fraction of sp³-hybridized carbons (Fsp3) is 0.0698. The Kier molecular flexibility index (Phi) is 3.99. The quantitative estimate of drug-likeness (QED) is 0.153. The van der Waals surface area contributed by atoms with Crippen LogP contribution < -0.4 is 10.9 Å². The van der Waals surface area contributed by atoms with Crippen molar-refractivity contribution in [2.24, 2.45) is 0 Å². The smallest absolute Gasteiger partial charge is 0.333 e. The van der Waals surface area contributed by atoms with E-state index < -0.39 is 0 Å². The minimum Gasteiger partial charge on any atom is -0.454 e. The molecule has 0 saturated carbocycles. The van der Waals surface area contributed by atoms with Gasteiger partial charge in [-0.05, 0) is 69.1 Å². The summed E-state index contributed by atoms with van der Waals surface area (Å²) in [6, 6.07) is 43.1. The van der Waals surface area contributed by atoms with E-state index in [9.17, 15) is 0 Å². The number of aromatic nitrogens is 2. The van der Waals surface area contributed by atoms with Crippen LogP contribution in [0.3, 0.4) is 0 Å². The van der Waals surface area contributed by atoms with Gasteiger partial charge in [0.1, 0.15) is 5.58 Å². The van der Waals surface area contributed by atoms with Crippen LogP contribution >= 0.6 is 11.3 Å². The first-order chi connectivity index (χ1) is 23.6. The first-order valence-corrected chi connectivity index (χ1v) is 17.6. The summed E-state index contributed by atoms with van der Waals surface area (Å²) in [5, 5.41) is 5.04. The van der Waals surface area contributed by atoms with E-state index >= 15 is 0 Å². The molecule has 48 heavy (non-hydrogen) atoms. The first-order valence-electron chi connectivity index (χ1n) is 16.8. The second kappa shape index (κ2) is 7.78. The molecule has 0 fully saturated rings. The number of furan rings is 1. The minimum atomic E-state index is -0.156. The zero-order chi connectivity index (χ0) is 31.2. The van der Waals surface area contributed by atoms with Crippen LogP contribution in [0, 0.1) is 0 Å². The molecular formula is C43H25BN2OS. The molecule has 13 rings (SSSR count). The summed E-state index contributed by atoms with van der Waals surface area (Å²) in [5.74, 6) is 0. The molecule has 0 unspecified atom stereocenters. The number of hydrogen-bond acceptors (Lipinski definition) is 2. The van der Waals surface area contributed by atoms with E-state index in [1.54, 1.807) is 0 Å². The van der Waals surface area contributed by atoms with E-state index in [4.69, 9.17) is 4.42 Å². The third-order valence-electron chi connectivity index (χ3n) is 11.9. The molecule has 0 amide bonds. The number of benzene rings is 6. The Balaban J connectivity index is 1.34. The van der Waals surface area contributed by atoms with Gasteiger partial charge in [0, 0.05) is 48.4 Å². The maximum atomic E-state index is 6.76. The maximum Gasteiger partial charge on any atom is 0.333 e. The van der Waals surface area contributed by atoms with Crippen molar-refractivity contribution in [1.82, 2.24) is 9.05 Å². The van der Waals surface area contributed by atoms with Crippen LogP contribution in [0.5, 0.6) is 0 Å². The van der Waals surface area contributed by atoms with Crippen molar-refractivity contribution >= 4 is 93.3 Å². The van der Waals surface area contributed by atoms with Crippen molar-refractivity contribution < 1.29 is 4.42 Å². The Morgan fingerprint density at radius 1 is 0.646 bits per heavy atom. The van der Waals surface area contributed by atoms with E-state index in [0.717, 1.165) is 11.2 Å². The highest BCUT2D eigenvalue weighted by molar-refractivity contribution is 7.26. The zero-order valence-corrected chi connectivity index (χ0v) is 27.1. The van der Waals surface area contributed by atoms with Crippen molar-refractivity contribution in [1.29, 1.82) is 0 Å². The molecule has 4 aromatic heterocycles. The predicted molar refractivity (Wildman–Crippen MR) is 202 cm³/mol. The fourth-order valence-electron chi connectivity index (χ4n) is 10.1. The number of fused-ring (bicyclic) bond motifs is 18. The highest BCUT2D eigenvalue weighted by Gasteiger charge is 2.48. The van der Waals surface area contributed by atoms with Gasteiger partial charge in [0.15, 0.2) is 5.58 Å². The molecule has 1 aliphatic carbocycles. The summed E-state index contributed by atoms with van der Waals surface area (Å²) in [7, 11) is 0. The lowest BCUT2D eigenvalue weighted by molar-refractivity contribution is 0.662. The highest BCUT2D eigenvalue weighted by Crippen LogP contribution is 2.56. The molecule has 222 valence electrons. The predicted octanol–water partition coefficient (Wildman–Crippen LogP) is 10.1. The third-order valence-corrected chi connectivity index (χ3v) is 13.1. The topological polar surface area (TPSA) is 23.0 Å². The van der Waals surface area contributed by atoms with Crippen LogP contribution in [0.25, 0.3) is 92.1 Å². The standard InChI is InChI=1S/C43H25BN2OS/c1-43(2)29-17-6-3-11-22(29)28-21-31-36-34(35(28)43)25-14-9-15-26-37(25)46(39-23-12-4-7-19-32(23)47-41(26)39)44(36)30-18-10-16-27-38(30)45(31)40-24-13-5-8-20-33(24)48-42(27)40/h3-21H,1-2H3. The Hall–Kier alpha value is -5.52. The highest BCUT2D eigenvalue weighted by atomic mass is 32.1. The molecule has 0 spiro atoms. The van der Waals surface area contributed by atoms with Gasteiger partial charge in [-0.25, -0.2) is 0 Å². The Morgan fingerprint density at radius 2 is 1.40 bits per heavy atom. The monoisotopic (exact) mass is 628 g/mol. The number of rotatable bonds is 0. The van der Waals surface area contributed by atoms with E-state index in [1.807, 2.05) is 11.3 Å². The molecule has 6 heterocycles. The lowest BCUT2D eigenvalue weighted by Gasteiger charge is -2.37. The molecule has 3 nitrogen and oxygen atoms in total. The van der Waals surface area contributed by atoms with E-state index in [1.165, 1.54) is 103 Å². The van der Waals surface area contributed by atoms with Gasteiger partial charge in [-0.1, -0.05) is 98.8 Å². The largest absolute Gasteiger partial charge is 0.454 e. The summed E-state index contributed by atoms with van der Waals surface area (Å²) in [4.78, 5) is 0. The number of nitrogens with zero attached hydrogens (tertiary/aromatic N) is 2. The second-order valence-corrected chi connectivity index (χ2v) is 15.4. The average Bonchev–Trinajstić information content (AvgIpc) is 3.89. The first kappa shape index (κ1) is 24.6. The van der Waals surface area contributed by atoms with Crippen LogP contribution in [0.1, 0.15) is 25.0 Å². The summed E-state index contributed by atoms with van der Waals surface area (Å²) in [6.45, 7) is 4.86. The van der Waals surface area contributed by atoms with Gasteiger partial charge >= 0.3 is 6.85 Å². The van der Waals surface area contributed by atoms with Gasteiger partial charge in [-0.2, -0.15) is 0 Å². The summed E-state index contributed by atoms with van der Waals surface area (Å²) < 4.78 is 14.8. The van der Waals surface area contributed by atoms with Crippen molar-refractivity contribution in [2.45, 2.75) is 19.3 Å². The summed E-state index contributed by atoms with van der Waals surface area (Å²) >= 11 is 1.93. The van der Waals surface area contributed by atoms with Crippen molar-refractivity contribution in [3.8, 4) is 27.9 Å². The van der Waals surface area contributed by atoms with Gasteiger partial charge in [-0.15, -0.1) is 11.3 Å². The SMILES string of the molecule is CC1(C)c2ccccc2-c2cc3c4c(c21)-c1cccc2c5oc6ccccc6c5n(c12)B4c1cccc2c4sc5ccccc5c4n-3c12.